The Bertz CT molecular complexity index is 2700. The standard InChI is InChI=1S/C53H59N7O10/c54-21-25-69-26-23-56-50(66)43-19-22-55-46(61)17-18-48(63)60-24-6-20-53(34-60,31-36-7-2-1-3-8-36)52(68)59-44(51(67)57-32-40-10-5-4-9-38(40)29-47(62)58-43)27-35-11-13-37(14-12-35)39-15-16-45-42(28-39)41(33-70-45)30-49(64)65/h1-5,7-18,28,33,43-44H,6,19-27,29-32,34,54H2,(H,55,61)(H,56,66)(H,57,67)(H,58,62)(H,59,68)(H,64,65)/b18-17+/t43-,44-,53-/m0/s1. The fourth-order valence-corrected chi connectivity index (χ4v) is 8.97. The van der Waals surface area contributed by atoms with Crippen molar-refractivity contribution >= 4 is 52.4 Å². The number of nitrogens with two attached hydrogens (primary N) is 1. The molecular weight excluding hydrogens is 895 g/mol. The van der Waals surface area contributed by atoms with Gasteiger partial charge in [-0.25, -0.2) is 0 Å². The lowest BCUT2D eigenvalue weighted by atomic mass is 9.74. The molecule has 0 radical (unpaired) electrons. The number of ether oxygens (including phenoxy) is 1. The number of carboxylic acid groups (broad SMARTS) is 1. The Hall–Kier alpha value is -7.63. The van der Waals surface area contributed by atoms with E-state index in [1.807, 2.05) is 66.7 Å². The minimum Gasteiger partial charge on any atom is -0.481 e. The molecule has 2 bridgehead atoms. The second-order valence-electron chi connectivity index (χ2n) is 17.7. The van der Waals surface area contributed by atoms with E-state index in [1.54, 1.807) is 35.2 Å². The van der Waals surface area contributed by atoms with Crippen molar-refractivity contribution in [1.29, 1.82) is 0 Å². The molecule has 0 aliphatic carbocycles. The van der Waals surface area contributed by atoms with Crippen molar-refractivity contribution in [2.75, 3.05) is 45.9 Å². The first-order valence-electron chi connectivity index (χ1n) is 23.5. The summed E-state index contributed by atoms with van der Waals surface area (Å²) in [5, 5.41) is 24.5. The highest BCUT2D eigenvalue weighted by Crippen LogP contribution is 2.35. The summed E-state index contributed by atoms with van der Waals surface area (Å²) < 4.78 is 11.0. The van der Waals surface area contributed by atoms with Gasteiger partial charge in [0.05, 0.1) is 37.7 Å². The number of furan rings is 1. The van der Waals surface area contributed by atoms with Gasteiger partial charge in [0.25, 0.3) is 0 Å². The number of nitrogens with zero attached hydrogens (tertiary/aromatic N) is 1. The van der Waals surface area contributed by atoms with Crippen LogP contribution in [0.5, 0.6) is 0 Å². The van der Waals surface area contributed by atoms with Crippen LogP contribution in [-0.4, -0.2) is 109 Å². The maximum absolute atomic E-state index is 15.0. The van der Waals surface area contributed by atoms with Gasteiger partial charge in [-0.05, 0) is 71.2 Å². The highest BCUT2D eigenvalue weighted by molar-refractivity contribution is 5.98. The fraction of sp³-hybridized carbons (Fsp3) is 0.340. The largest absolute Gasteiger partial charge is 0.481 e. The highest BCUT2D eigenvalue weighted by Gasteiger charge is 2.44. The van der Waals surface area contributed by atoms with E-state index >= 15 is 0 Å². The molecule has 5 aromatic rings. The van der Waals surface area contributed by atoms with Gasteiger partial charge < -0.3 is 51.5 Å². The first-order valence-corrected chi connectivity index (χ1v) is 23.5. The molecule has 2 aliphatic rings. The van der Waals surface area contributed by atoms with Crippen LogP contribution in [0, 0.1) is 5.41 Å². The molecule has 3 heterocycles. The molecule has 1 saturated heterocycles. The third-order valence-electron chi connectivity index (χ3n) is 12.6. The summed E-state index contributed by atoms with van der Waals surface area (Å²) in [6.45, 7) is 1.40. The summed E-state index contributed by atoms with van der Waals surface area (Å²) in [6, 6.07) is 27.5. The van der Waals surface area contributed by atoms with Gasteiger partial charge in [0.1, 0.15) is 17.7 Å². The summed E-state index contributed by atoms with van der Waals surface area (Å²) in [6.07, 6.45) is 4.71. The Morgan fingerprint density at radius 2 is 1.61 bits per heavy atom. The molecule has 8 N–H and O–H groups in total. The molecule has 3 atom stereocenters. The van der Waals surface area contributed by atoms with E-state index < -0.39 is 58.9 Å². The molecular formula is C53H59N7O10. The maximum atomic E-state index is 15.0. The Kier molecular flexibility index (Phi) is 17.3. The summed E-state index contributed by atoms with van der Waals surface area (Å²) in [4.78, 5) is 96.3. The number of hydrogen-bond donors (Lipinski definition) is 7. The van der Waals surface area contributed by atoms with E-state index in [2.05, 4.69) is 26.6 Å². The van der Waals surface area contributed by atoms with Crippen molar-refractivity contribution in [1.82, 2.24) is 31.5 Å². The summed E-state index contributed by atoms with van der Waals surface area (Å²) in [5.74, 6) is -3.85. The zero-order valence-corrected chi connectivity index (χ0v) is 38.9. The van der Waals surface area contributed by atoms with Crippen LogP contribution in [0.2, 0.25) is 0 Å². The Morgan fingerprint density at radius 1 is 0.857 bits per heavy atom. The number of carbonyl (C=O) groups is 7. The monoisotopic (exact) mass is 953 g/mol. The molecule has 7 rings (SSSR count). The van der Waals surface area contributed by atoms with Gasteiger partial charge in [-0.1, -0.05) is 84.9 Å². The van der Waals surface area contributed by atoms with Crippen LogP contribution in [0.25, 0.3) is 22.1 Å². The van der Waals surface area contributed by atoms with Crippen LogP contribution in [-0.2, 0) is 70.5 Å². The van der Waals surface area contributed by atoms with E-state index in [-0.39, 0.29) is 64.9 Å². The summed E-state index contributed by atoms with van der Waals surface area (Å²) >= 11 is 0. The normalized spacial score (nSPS) is 20.1. The van der Waals surface area contributed by atoms with Crippen molar-refractivity contribution in [3.63, 3.8) is 0 Å². The quantitative estimate of drug-likeness (QED) is 0.0845. The summed E-state index contributed by atoms with van der Waals surface area (Å²) in [7, 11) is 0. The number of aliphatic carboxylic acids is 1. The second kappa shape index (κ2) is 24.1. The molecule has 1 aromatic heterocycles. The summed E-state index contributed by atoms with van der Waals surface area (Å²) in [5.41, 5.74) is 9.99. The van der Waals surface area contributed by atoms with Crippen LogP contribution in [0.1, 0.15) is 47.1 Å². The van der Waals surface area contributed by atoms with E-state index in [0.29, 0.717) is 60.2 Å². The lowest BCUT2D eigenvalue weighted by Crippen LogP contribution is -2.58. The Morgan fingerprint density at radius 3 is 2.39 bits per heavy atom. The number of hydrogen-bond acceptors (Lipinski definition) is 10. The van der Waals surface area contributed by atoms with Crippen LogP contribution in [0.15, 0.2) is 120 Å². The number of amides is 6. The molecule has 70 heavy (non-hydrogen) atoms. The first-order chi connectivity index (χ1) is 33.9. The lowest BCUT2D eigenvalue weighted by Gasteiger charge is -2.42. The number of nitrogens with one attached hydrogen (secondary N) is 5. The van der Waals surface area contributed by atoms with Gasteiger partial charge in [-0.15, -0.1) is 0 Å². The molecule has 17 nitrogen and oxygen atoms in total. The van der Waals surface area contributed by atoms with Gasteiger partial charge in [-0.2, -0.15) is 0 Å². The molecule has 17 heteroatoms. The maximum Gasteiger partial charge on any atom is 0.307 e. The third kappa shape index (κ3) is 13.5. The van der Waals surface area contributed by atoms with Crippen molar-refractivity contribution in [3.05, 3.63) is 143 Å². The highest BCUT2D eigenvalue weighted by atomic mass is 16.5. The molecule has 0 unspecified atom stereocenters. The molecule has 6 amide bonds. The van der Waals surface area contributed by atoms with Gasteiger partial charge in [0, 0.05) is 68.8 Å². The average Bonchev–Trinajstić information content (AvgIpc) is 3.75. The van der Waals surface area contributed by atoms with Crippen LogP contribution in [0.4, 0.5) is 0 Å². The van der Waals surface area contributed by atoms with E-state index in [9.17, 15) is 38.7 Å². The number of piperidine rings is 1. The van der Waals surface area contributed by atoms with Crippen molar-refractivity contribution in [2.24, 2.45) is 11.1 Å². The topological polar surface area (TPSA) is 251 Å². The van der Waals surface area contributed by atoms with Crippen LogP contribution < -0.4 is 32.3 Å². The minimum atomic E-state index is -1.15. The lowest BCUT2D eigenvalue weighted by molar-refractivity contribution is -0.141. The average molecular weight is 954 g/mol. The van der Waals surface area contributed by atoms with Gasteiger partial charge in [0.15, 0.2) is 0 Å². The zero-order chi connectivity index (χ0) is 49.5. The van der Waals surface area contributed by atoms with E-state index in [1.165, 1.54) is 6.26 Å². The van der Waals surface area contributed by atoms with E-state index in [0.717, 1.165) is 34.4 Å². The number of fused-ring (bicyclic) bond motifs is 4. The second-order valence-corrected chi connectivity index (χ2v) is 17.7. The Labute approximate surface area is 405 Å². The molecule has 4 aromatic carbocycles. The van der Waals surface area contributed by atoms with Crippen LogP contribution >= 0.6 is 0 Å². The molecule has 366 valence electrons. The number of benzene rings is 4. The zero-order valence-electron chi connectivity index (χ0n) is 38.9. The molecule has 2 aliphatic heterocycles. The van der Waals surface area contributed by atoms with E-state index in [4.69, 9.17) is 14.9 Å². The Balaban J connectivity index is 1.18. The molecule has 0 saturated carbocycles. The number of carbonyl (C=O) groups excluding carboxylic acids is 6. The molecule has 0 spiro atoms. The smallest absolute Gasteiger partial charge is 0.307 e. The molecule has 1 fully saturated rings. The van der Waals surface area contributed by atoms with Gasteiger partial charge >= 0.3 is 5.97 Å². The fourth-order valence-electron chi connectivity index (χ4n) is 8.97. The van der Waals surface area contributed by atoms with Crippen molar-refractivity contribution in [2.45, 2.75) is 63.6 Å². The van der Waals surface area contributed by atoms with Gasteiger partial charge in [0.2, 0.25) is 35.4 Å². The predicted octanol–water partition coefficient (Wildman–Crippen LogP) is 3.12. The number of rotatable bonds is 13. The van der Waals surface area contributed by atoms with Crippen LogP contribution in [0.3, 0.4) is 0 Å². The SMILES string of the molecule is NCCOCCNC(=O)[C@@H]1CCNC(=O)/C=C/C(=O)N2CCC[C@](Cc3ccccc3)(C2)C(=O)N[C@@H](Cc2ccc(-c3ccc4occ(CC(=O)O)c4c3)cc2)C(=O)NCc2ccccc2CC(=O)N1. The first kappa shape index (κ1) is 50.3. The van der Waals surface area contributed by atoms with Crippen molar-refractivity contribution in [3.8, 4) is 11.1 Å². The minimum absolute atomic E-state index is 0.00334. The predicted molar refractivity (Wildman–Crippen MR) is 261 cm³/mol. The third-order valence-corrected chi connectivity index (χ3v) is 12.6. The van der Waals surface area contributed by atoms with Gasteiger partial charge in [-0.3, -0.25) is 33.6 Å². The van der Waals surface area contributed by atoms with Crippen molar-refractivity contribution < 1.29 is 47.8 Å². The number of carboxylic acids is 1.